The lowest BCUT2D eigenvalue weighted by Crippen LogP contribution is -2.52. The van der Waals surface area contributed by atoms with Crippen LogP contribution in [0.3, 0.4) is 0 Å². The standard InChI is InChI=1S/C14H16ClF2NO2/c15-10-7-11(16)9(6-12(10)17)13(20)18-14(8-19)4-2-1-3-5-14/h6-7,19H,1-5,8H2,(H,18,20). The van der Waals surface area contributed by atoms with E-state index in [0.29, 0.717) is 12.8 Å². The van der Waals surface area contributed by atoms with Gasteiger partial charge in [0, 0.05) is 0 Å². The van der Waals surface area contributed by atoms with E-state index in [1.54, 1.807) is 0 Å². The van der Waals surface area contributed by atoms with Gasteiger partial charge in [0.25, 0.3) is 5.91 Å². The van der Waals surface area contributed by atoms with Crippen LogP contribution in [0.15, 0.2) is 12.1 Å². The number of halogens is 3. The van der Waals surface area contributed by atoms with Crippen LogP contribution in [0, 0.1) is 11.6 Å². The molecule has 6 heteroatoms. The van der Waals surface area contributed by atoms with Crippen LogP contribution < -0.4 is 5.32 Å². The molecule has 1 fully saturated rings. The molecular weight excluding hydrogens is 288 g/mol. The first-order valence-corrected chi connectivity index (χ1v) is 6.93. The Kier molecular flexibility index (Phi) is 4.60. The number of hydrogen-bond donors (Lipinski definition) is 2. The smallest absolute Gasteiger partial charge is 0.254 e. The lowest BCUT2D eigenvalue weighted by molar-refractivity contribution is 0.0754. The van der Waals surface area contributed by atoms with Crippen LogP contribution in [0.4, 0.5) is 8.78 Å². The fraction of sp³-hybridized carbons (Fsp3) is 0.500. The lowest BCUT2D eigenvalue weighted by atomic mass is 9.82. The Morgan fingerprint density at radius 2 is 1.90 bits per heavy atom. The molecule has 20 heavy (non-hydrogen) atoms. The summed E-state index contributed by atoms with van der Waals surface area (Å²) in [5.41, 5.74) is -1.14. The molecule has 1 aromatic rings. The first kappa shape index (κ1) is 15.2. The maximum atomic E-state index is 13.7. The number of benzene rings is 1. The number of amides is 1. The minimum absolute atomic E-state index is 0.212. The van der Waals surface area contributed by atoms with Crippen molar-refractivity contribution in [2.45, 2.75) is 37.6 Å². The predicted molar refractivity (Wildman–Crippen MR) is 71.7 cm³/mol. The highest BCUT2D eigenvalue weighted by Gasteiger charge is 2.33. The Morgan fingerprint density at radius 1 is 1.25 bits per heavy atom. The molecule has 1 aliphatic carbocycles. The highest BCUT2D eigenvalue weighted by atomic mass is 35.5. The largest absolute Gasteiger partial charge is 0.394 e. The molecule has 3 nitrogen and oxygen atoms in total. The number of carbonyl (C=O) groups excluding carboxylic acids is 1. The highest BCUT2D eigenvalue weighted by molar-refractivity contribution is 6.30. The lowest BCUT2D eigenvalue weighted by Gasteiger charge is -2.36. The molecule has 2 N–H and O–H groups in total. The summed E-state index contributed by atoms with van der Waals surface area (Å²) in [6.07, 6.45) is 4.08. The second-order valence-corrected chi connectivity index (χ2v) is 5.61. The van der Waals surface area contributed by atoms with Gasteiger partial charge >= 0.3 is 0 Å². The Labute approximate surface area is 120 Å². The minimum atomic E-state index is -0.877. The van der Waals surface area contributed by atoms with Crippen molar-refractivity contribution in [3.8, 4) is 0 Å². The molecule has 0 saturated heterocycles. The maximum absolute atomic E-state index is 13.7. The van der Waals surface area contributed by atoms with E-state index in [-0.39, 0.29) is 11.6 Å². The summed E-state index contributed by atoms with van der Waals surface area (Å²) < 4.78 is 27.0. The zero-order chi connectivity index (χ0) is 14.8. The SMILES string of the molecule is O=C(NC1(CO)CCCCC1)c1cc(F)c(Cl)cc1F. The van der Waals surface area contributed by atoms with Gasteiger partial charge in [-0.15, -0.1) is 0 Å². The highest BCUT2D eigenvalue weighted by Crippen LogP contribution is 2.28. The van der Waals surface area contributed by atoms with Gasteiger partial charge in [-0.1, -0.05) is 30.9 Å². The summed E-state index contributed by atoms with van der Waals surface area (Å²) in [6, 6.07) is 1.55. The summed E-state index contributed by atoms with van der Waals surface area (Å²) in [5.74, 6) is -2.45. The van der Waals surface area contributed by atoms with Crippen LogP contribution in [0.2, 0.25) is 5.02 Å². The second kappa shape index (κ2) is 6.06. The second-order valence-electron chi connectivity index (χ2n) is 5.20. The molecule has 1 amide bonds. The first-order chi connectivity index (χ1) is 9.47. The molecule has 0 bridgehead atoms. The number of carbonyl (C=O) groups is 1. The van der Waals surface area contributed by atoms with E-state index in [0.717, 1.165) is 31.4 Å². The van der Waals surface area contributed by atoms with E-state index in [9.17, 15) is 18.7 Å². The monoisotopic (exact) mass is 303 g/mol. The van der Waals surface area contributed by atoms with Crippen molar-refractivity contribution in [3.05, 3.63) is 34.4 Å². The van der Waals surface area contributed by atoms with Crippen molar-refractivity contribution in [2.24, 2.45) is 0 Å². The molecule has 1 aliphatic rings. The van der Waals surface area contributed by atoms with Crippen molar-refractivity contribution in [1.82, 2.24) is 5.32 Å². The summed E-state index contributed by atoms with van der Waals surface area (Å²) >= 11 is 5.45. The molecule has 0 aliphatic heterocycles. The molecule has 0 radical (unpaired) electrons. The van der Waals surface area contributed by atoms with Crippen LogP contribution in [-0.4, -0.2) is 23.2 Å². The average Bonchev–Trinajstić information content (AvgIpc) is 2.43. The zero-order valence-corrected chi connectivity index (χ0v) is 11.6. The van der Waals surface area contributed by atoms with Crippen molar-refractivity contribution in [2.75, 3.05) is 6.61 Å². The number of rotatable bonds is 3. The van der Waals surface area contributed by atoms with Gasteiger partial charge in [-0.3, -0.25) is 4.79 Å². The number of aliphatic hydroxyl groups is 1. The van der Waals surface area contributed by atoms with Crippen LogP contribution in [0.25, 0.3) is 0 Å². The maximum Gasteiger partial charge on any atom is 0.254 e. The fourth-order valence-electron chi connectivity index (χ4n) is 2.56. The van der Waals surface area contributed by atoms with Gasteiger partial charge in [0.15, 0.2) is 0 Å². The Hall–Kier alpha value is -1.20. The predicted octanol–water partition coefficient (Wildman–Crippen LogP) is 3.04. The summed E-state index contributed by atoms with van der Waals surface area (Å²) in [5, 5.41) is 11.8. The number of nitrogens with one attached hydrogen (secondary N) is 1. The van der Waals surface area contributed by atoms with Crippen molar-refractivity contribution >= 4 is 17.5 Å². The van der Waals surface area contributed by atoms with Gasteiger partial charge < -0.3 is 10.4 Å². The molecule has 0 unspecified atom stereocenters. The fourth-order valence-corrected chi connectivity index (χ4v) is 2.71. The normalized spacial score (nSPS) is 17.8. The molecule has 110 valence electrons. The topological polar surface area (TPSA) is 49.3 Å². The quantitative estimate of drug-likeness (QED) is 0.843. The van der Waals surface area contributed by atoms with Gasteiger partial charge in [0.2, 0.25) is 0 Å². The minimum Gasteiger partial charge on any atom is -0.394 e. The molecule has 1 saturated carbocycles. The third-order valence-corrected chi connectivity index (χ3v) is 4.04. The van der Waals surface area contributed by atoms with Crippen LogP contribution >= 0.6 is 11.6 Å². The molecule has 0 atom stereocenters. The van der Waals surface area contributed by atoms with Gasteiger partial charge in [-0.25, -0.2) is 8.78 Å². The zero-order valence-electron chi connectivity index (χ0n) is 10.9. The van der Waals surface area contributed by atoms with E-state index in [4.69, 9.17) is 11.6 Å². The molecule has 0 heterocycles. The van der Waals surface area contributed by atoms with Crippen molar-refractivity contribution < 1.29 is 18.7 Å². The first-order valence-electron chi connectivity index (χ1n) is 6.55. The summed E-state index contributed by atoms with van der Waals surface area (Å²) in [4.78, 5) is 12.1. The third kappa shape index (κ3) is 3.10. The number of hydrogen-bond acceptors (Lipinski definition) is 2. The van der Waals surface area contributed by atoms with E-state index >= 15 is 0 Å². The van der Waals surface area contributed by atoms with Crippen LogP contribution in [-0.2, 0) is 0 Å². The van der Waals surface area contributed by atoms with Crippen LogP contribution in [0.5, 0.6) is 0 Å². The van der Waals surface area contributed by atoms with Gasteiger partial charge in [-0.2, -0.15) is 0 Å². The number of aliphatic hydroxyl groups excluding tert-OH is 1. The van der Waals surface area contributed by atoms with Crippen molar-refractivity contribution in [1.29, 1.82) is 0 Å². The van der Waals surface area contributed by atoms with E-state index in [1.165, 1.54) is 0 Å². The molecule has 0 aromatic heterocycles. The van der Waals surface area contributed by atoms with Gasteiger partial charge in [0.05, 0.1) is 22.7 Å². The van der Waals surface area contributed by atoms with Crippen LogP contribution in [0.1, 0.15) is 42.5 Å². The average molecular weight is 304 g/mol. The van der Waals surface area contributed by atoms with Gasteiger partial charge in [0.1, 0.15) is 11.6 Å². The summed E-state index contributed by atoms with van der Waals surface area (Å²) in [7, 11) is 0. The molecule has 2 rings (SSSR count). The van der Waals surface area contributed by atoms with Gasteiger partial charge in [-0.05, 0) is 25.0 Å². The Morgan fingerprint density at radius 3 is 2.50 bits per heavy atom. The molecular formula is C14H16ClF2NO2. The van der Waals surface area contributed by atoms with E-state index in [1.807, 2.05) is 0 Å². The third-order valence-electron chi connectivity index (χ3n) is 3.75. The van der Waals surface area contributed by atoms with E-state index in [2.05, 4.69) is 5.32 Å². The molecule has 0 spiro atoms. The van der Waals surface area contributed by atoms with Crippen molar-refractivity contribution in [3.63, 3.8) is 0 Å². The molecule has 1 aromatic carbocycles. The Bertz CT molecular complexity index is 516. The summed E-state index contributed by atoms with van der Waals surface area (Å²) in [6.45, 7) is -0.212. The van der Waals surface area contributed by atoms with E-state index < -0.39 is 28.6 Å². The Balaban J connectivity index is 2.21.